The Morgan fingerprint density at radius 3 is 2.60 bits per heavy atom. The van der Waals surface area contributed by atoms with Crippen molar-refractivity contribution in [1.29, 1.82) is 5.26 Å². The first-order valence-corrected chi connectivity index (χ1v) is 10.2. The number of para-hydroxylation sites is 1. The molecule has 1 unspecified atom stereocenters. The van der Waals surface area contributed by atoms with E-state index in [0.29, 0.717) is 49.4 Å². The third kappa shape index (κ3) is 3.57. The smallest absolute Gasteiger partial charge is 0.409 e. The van der Waals surface area contributed by atoms with Crippen molar-refractivity contribution in [3.63, 3.8) is 0 Å². The molecule has 0 aromatic heterocycles. The van der Waals surface area contributed by atoms with Gasteiger partial charge in [0, 0.05) is 30.3 Å². The Morgan fingerprint density at radius 2 is 1.87 bits per heavy atom. The van der Waals surface area contributed by atoms with Crippen LogP contribution in [-0.4, -0.2) is 47.5 Å². The van der Waals surface area contributed by atoms with Gasteiger partial charge in [0.2, 0.25) is 0 Å². The molecule has 1 atom stereocenters. The number of nitrogens with zero attached hydrogens (tertiary/aromatic N) is 3. The minimum absolute atomic E-state index is 0.0117. The number of likely N-dealkylation sites (tertiary alicyclic amines) is 1. The zero-order valence-corrected chi connectivity index (χ0v) is 16.9. The van der Waals surface area contributed by atoms with Crippen LogP contribution in [0, 0.1) is 11.3 Å². The fraction of sp³-hybridized carbons (Fsp3) is 0.348. The lowest BCUT2D eigenvalue weighted by Crippen LogP contribution is -2.49. The van der Waals surface area contributed by atoms with Gasteiger partial charge in [0.25, 0.3) is 5.91 Å². The Balaban J connectivity index is 1.59. The number of piperidine rings is 1. The highest BCUT2D eigenvalue weighted by atomic mass is 16.6. The normalized spacial score (nSPS) is 18.7. The largest absolute Gasteiger partial charge is 0.450 e. The highest BCUT2D eigenvalue weighted by Gasteiger charge is 2.42. The standard InChI is InChI=1S/C23H24N4O3/c1-2-30-23(29)26-13-11-17(12-14-26)27-21(18-8-4-5-9-19(18)22(27)28)25-20-10-6-3-7-16(20)15-24/h3-10,17,21,25H,2,11-14H2,1H3. The van der Waals surface area contributed by atoms with Gasteiger partial charge in [0.05, 0.1) is 17.9 Å². The molecule has 2 heterocycles. The van der Waals surface area contributed by atoms with Crippen molar-refractivity contribution in [3.05, 3.63) is 65.2 Å². The highest BCUT2D eigenvalue weighted by Crippen LogP contribution is 2.38. The van der Waals surface area contributed by atoms with E-state index in [0.717, 1.165) is 5.56 Å². The number of hydrogen-bond acceptors (Lipinski definition) is 5. The van der Waals surface area contributed by atoms with Gasteiger partial charge in [-0.1, -0.05) is 30.3 Å². The number of carbonyl (C=O) groups is 2. The maximum Gasteiger partial charge on any atom is 0.409 e. The fourth-order valence-corrected chi connectivity index (χ4v) is 4.26. The summed E-state index contributed by atoms with van der Waals surface area (Å²) >= 11 is 0. The van der Waals surface area contributed by atoms with E-state index >= 15 is 0 Å². The molecule has 154 valence electrons. The average molecular weight is 404 g/mol. The molecule has 1 fully saturated rings. The van der Waals surface area contributed by atoms with Crippen LogP contribution in [0.1, 0.15) is 47.4 Å². The van der Waals surface area contributed by atoms with Crippen LogP contribution < -0.4 is 5.32 Å². The summed E-state index contributed by atoms with van der Waals surface area (Å²) in [4.78, 5) is 28.9. The van der Waals surface area contributed by atoms with Crippen molar-refractivity contribution in [2.45, 2.75) is 32.0 Å². The van der Waals surface area contributed by atoms with E-state index in [9.17, 15) is 14.9 Å². The molecule has 1 saturated heterocycles. The van der Waals surface area contributed by atoms with Gasteiger partial charge in [0.15, 0.2) is 0 Å². The van der Waals surface area contributed by atoms with E-state index in [2.05, 4.69) is 11.4 Å². The average Bonchev–Trinajstić information content (AvgIpc) is 3.06. The molecule has 1 N–H and O–H groups in total. The minimum atomic E-state index is -0.359. The predicted molar refractivity (Wildman–Crippen MR) is 112 cm³/mol. The molecule has 30 heavy (non-hydrogen) atoms. The van der Waals surface area contributed by atoms with Crippen molar-refractivity contribution in [2.24, 2.45) is 0 Å². The lowest BCUT2D eigenvalue weighted by Gasteiger charge is -2.39. The van der Waals surface area contributed by atoms with Crippen molar-refractivity contribution in [3.8, 4) is 6.07 Å². The van der Waals surface area contributed by atoms with Crippen molar-refractivity contribution in [1.82, 2.24) is 9.80 Å². The topological polar surface area (TPSA) is 85.7 Å². The van der Waals surface area contributed by atoms with E-state index in [1.54, 1.807) is 17.9 Å². The van der Waals surface area contributed by atoms with E-state index < -0.39 is 0 Å². The molecule has 2 aromatic carbocycles. The van der Waals surface area contributed by atoms with Gasteiger partial charge in [-0.15, -0.1) is 0 Å². The molecule has 0 bridgehead atoms. The lowest BCUT2D eigenvalue weighted by atomic mass is 10.0. The van der Waals surface area contributed by atoms with Crippen LogP contribution >= 0.6 is 0 Å². The molecule has 2 aliphatic rings. The summed E-state index contributed by atoms with van der Waals surface area (Å²) in [5.41, 5.74) is 2.81. The fourth-order valence-electron chi connectivity index (χ4n) is 4.26. The zero-order valence-electron chi connectivity index (χ0n) is 16.9. The molecule has 0 spiro atoms. The zero-order chi connectivity index (χ0) is 21.1. The molecular weight excluding hydrogens is 380 g/mol. The number of benzene rings is 2. The van der Waals surface area contributed by atoms with Crippen molar-refractivity contribution >= 4 is 17.7 Å². The molecule has 7 nitrogen and oxygen atoms in total. The molecule has 0 aliphatic carbocycles. The van der Waals surface area contributed by atoms with E-state index in [4.69, 9.17) is 4.74 Å². The summed E-state index contributed by atoms with van der Waals surface area (Å²) in [6.45, 7) is 3.24. The number of fused-ring (bicyclic) bond motifs is 1. The third-order valence-corrected chi connectivity index (χ3v) is 5.72. The summed E-state index contributed by atoms with van der Waals surface area (Å²) in [6.07, 6.45) is 0.694. The number of hydrogen-bond donors (Lipinski definition) is 1. The van der Waals surface area contributed by atoms with Crippen LogP contribution in [0.3, 0.4) is 0 Å². The molecule has 0 radical (unpaired) electrons. The maximum atomic E-state index is 13.3. The number of carbonyl (C=O) groups excluding carboxylic acids is 2. The molecule has 0 saturated carbocycles. The second-order valence-corrected chi connectivity index (χ2v) is 7.42. The predicted octanol–water partition coefficient (Wildman–Crippen LogP) is 3.75. The van der Waals surface area contributed by atoms with Crippen LogP contribution in [0.2, 0.25) is 0 Å². The quantitative estimate of drug-likeness (QED) is 0.839. The van der Waals surface area contributed by atoms with E-state index in [-0.39, 0.29) is 24.2 Å². The molecule has 2 amide bonds. The summed E-state index contributed by atoms with van der Waals surface area (Å²) in [5, 5.41) is 12.9. The summed E-state index contributed by atoms with van der Waals surface area (Å²) in [6, 6.07) is 17.1. The van der Waals surface area contributed by atoms with Gasteiger partial charge >= 0.3 is 6.09 Å². The summed E-state index contributed by atoms with van der Waals surface area (Å²) in [5.74, 6) is -0.0212. The highest BCUT2D eigenvalue weighted by molar-refractivity contribution is 5.99. The molecule has 2 aromatic rings. The van der Waals surface area contributed by atoms with E-state index in [1.807, 2.05) is 47.4 Å². The van der Waals surface area contributed by atoms with Gasteiger partial charge in [-0.25, -0.2) is 4.79 Å². The number of anilines is 1. The second kappa shape index (κ2) is 8.46. The van der Waals surface area contributed by atoms with Gasteiger partial charge in [-0.05, 0) is 38.0 Å². The van der Waals surface area contributed by atoms with Gasteiger partial charge in [-0.3, -0.25) is 4.79 Å². The van der Waals surface area contributed by atoms with Crippen LogP contribution in [0.4, 0.5) is 10.5 Å². The van der Waals surface area contributed by atoms with Gasteiger partial charge < -0.3 is 19.9 Å². The number of nitrogens with one attached hydrogen (secondary N) is 1. The number of rotatable bonds is 4. The Bertz CT molecular complexity index is 992. The summed E-state index contributed by atoms with van der Waals surface area (Å²) < 4.78 is 5.10. The molecule has 2 aliphatic heterocycles. The third-order valence-electron chi connectivity index (χ3n) is 5.72. The number of nitriles is 1. The SMILES string of the molecule is CCOC(=O)N1CCC(N2C(=O)c3ccccc3C2Nc2ccccc2C#N)CC1. The van der Waals surface area contributed by atoms with Crippen LogP contribution in [0.5, 0.6) is 0 Å². The summed E-state index contributed by atoms with van der Waals surface area (Å²) in [7, 11) is 0. The molecule has 7 heteroatoms. The first-order valence-electron chi connectivity index (χ1n) is 10.2. The number of amides is 2. The number of ether oxygens (including phenoxy) is 1. The Kier molecular flexibility index (Phi) is 5.57. The molecule has 4 rings (SSSR count). The van der Waals surface area contributed by atoms with Crippen molar-refractivity contribution in [2.75, 3.05) is 25.0 Å². The minimum Gasteiger partial charge on any atom is -0.450 e. The Labute approximate surface area is 175 Å². The Hall–Kier alpha value is -3.53. The molecular formula is C23H24N4O3. The van der Waals surface area contributed by atoms with Crippen LogP contribution in [0.15, 0.2) is 48.5 Å². The van der Waals surface area contributed by atoms with Gasteiger partial charge in [-0.2, -0.15) is 5.26 Å². The monoisotopic (exact) mass is 404 g/mol. The van der Waals surface area contributed by atoms with E-state index in [1.165, 1.54) is 0 Å². The lowest BCUT2D eigenvalue weighted by molar-refractivity contribution is 0.0496. The van der Waals surface area contributed by atoms with Crippen molar-refractivity contribution < 1.29 is 14.3 Å². The first-order chi connectivity index (χ1) is 14.6. The first kappa shape index (κ1) is 19.8. The Morgan fingerprint density at radius 1 is 1.17 bits per heavy atom. The maximum absolute atomic E-state index is 13.3. The van der Waals surface area contributed by atoms with Gasteiger partial charge in [0.1, 0.15) is 12.2 Å². The van der Waals surface area contributed by atoms with Crippen LogP contribution in [0.25, 0.3) is 0 Å². The van der Waals surface area contributed by atoms with Crippen LogP contribution in [-0.2, 0) is 4.74 Å². The second-order valence-electron chi connectivity index (χ2n) is 7.42.